The summed E-state index contributed by atoms with van der Waals surface area (Å²) in [5.41, 5.74) is 0.853. The molecule has 2 aliphatic heterocycles. The molecule has 1 aromatic rings. The highest BCUT2D eigenvalue weighted by atomic mass is 16.5. The molecule has 0 bridgehead atoms. The minimum atomic E-state index is -0.425. The van der Waals surface area contributed by atoms with Crippen LogP contribution in [0.2, 0.25) is 0 Å². The Balaban J connectivity index is 1.32. The van der Waals surface area contributed by atoms with E-state index in [0.29, 0.717) is 19.4 Å². The number of ether oxygens (including phenoxy) is 1. The van der Waals surface area contributed by atoms with Gasteiger partial charge in [0, 0.05) is 31.9 Å². The highest BCUT2D eigenvalue weighted by Crippen LogP contribution is 2.22. The molecular formula is C23H36N4O4. The van der Waals surface area contributed by atoms with Gasteiger partial charge >= 0.3 is 0 Å². The van der Waals surface area contributed by atoms with Gasteiger partial charge in [-0.05, 0) is 56.8 Å². The maximum atomic E-state index is 12.3. The summed E-state index contributed by atoms with van der Waals surface area (Å²) >= 11 is 0. The molecule has 172 valence electrons. The van der Waals surface area contributed by atoms with Crippen LogP contribution in [0.25, 0.3) is 0 Å². The van der Waals surface area contributed by atoms with Gasteiger partial charge in [0.2, 0.25) is 11.8 Å². The normalized spacial score (nSPS) is 24.5. The molecule has 3 N–H and O–H groups in total. The Morgan fingerprint density at radius 3 is 2.77 bits per heavy atom. The van der Waals surface area contributed by atoms with Crippen molar-refractivity contribution in [1.29, 1.82) is 0 Å². The van der Waals surface area contributed by atoms with Gasteiger partial charge in [-0.3, -0.25) is 14.6 Å². The fourth-order valence-electron chi connectivity index (χ4n) is 4.36. The quantitative estimate of drug-likeness (QED) is 0.510. The zero-order valence-corrected chi connectivity index (χ0v) is 18.3. The molecule has 8 heteroatoms. The van der Waals surface area contributed by atoms with Crippen molar-refractivity contribution in [3.63, 3.8) is 0 Å². The first-order valence-corrected chi connectivity index (χ1v) is 11.6. The predicted molar refractivity (Wildman–Crippen MR) is 117 cm³/mol. The Bertz CT molecular complexity index is 681. The molecule has 0 aromatic carbocycles. The van der Waals surface area contributed by atoms with Gasteiger partial charge in [0.05, 0.1) is 25.2 Å². The summed E-state index contributed by atoms with van der Waals surface area (Å²) in [6.07, 6.45) is 9.72. The third-order valence-corrected chi connectivity index (χ3v) is 6.12. The Labute approximate surface area is 184 Å². The summed E-state index contributed by atoms with van der Waals surface area (Å²) in [5, 5.41) is 15.7. The number of nitrogens with one attached hydrogen (secondary N) is 2. The molecular weight excluding hydrogens is 396 g/mol. The Hall–Kier alpha value is -2.03. The number of carbonyl (C=O) groups excluding carboxylic acids is 2. The minimum Gasteiger partial charge on any atom is -0.394 e. The maximum absolute atomic E-state index is 12.3. The van der Waals surface area contributed by atoms with Crippen LogP contribution in [0, 0.1) is 0 Å². The van der Waals surface area contributed by atoms with Crippen LogP contribution in [-0.2, 0) is 20.7 Å². The van der Waals surface area contributed by atoms with Gasteiger partial charge in [-0.2, -0.15) is 0 Å². The lowest BCUT2D eigenvalue weighted by molar-refractivity contribution is -0.128. The molecule has 31 heavy (non-hydrogen) atoms. The van der Waals surface area contributed by atoms with Crippen LogP contribution in [0.1, 0.15) is 50.5 Å². The van der Waals surface area contributed by atoms with Crippen molar-refractivity contribution in [2.75, 3.05) is 32.8 Å². The van der Waals surface area contributed by atoms with Crippen LogP contribution in [0.4, 0.5) is 0 Å². The minimum absolute atomic E-state index is 0.0222. The number of amides is 2. The monoisotopic (exact) mass is 432 g/mol. The maximum Gasteiger partial charge on any atom is 0.224 e. The molecule has 3 rings (SSSR count). The van der Waals surface area contributed by atoms with Gasteiger partial charge in [0.25, 0.3) is 0 Å². The second kappa shape index (κ2) is 12.7. The number of aliphatic hydroxyl groups is 1. The number of aliphatic hydroxyl groups excluding tert-OH is 1. The smallest absolute Gasteiger partial charge is 0.224 e. The van der Waals surface area contributed by atoms with E-state index in [9.17, 15) is 14.7 Å². The molecule has 0 radical (unpaired) electrons. The summed E-state index contributed by atoms with van der Waals surface area (Å²) in [4.78, 5) is 30.8. The van der Waals surface area contributed by atoms with Crippen LogP contribution in [-0.4, -0.2) is 77.8 Å². The van der Waals surface area contributed by atoms with Gasteiger partial charge in [-0.15, -0.1) is 0 Å². The van der Waals surface area contributed by atoms with Crippen LogP contribution >= 0.6 is 0 Å². The lowest BCUT2D eigenvalue weighted by Crippen LogP contribution is -2.51. The summed E-state index contributed by atoms with van der Waals surface area (Å²) in [6, 6.07) is 3.47. The molecule has 0 spiro atoms. The van der Waals surface area contributed by atoms with Gasteiger partial charge < -0.3 is 25.4 Å². The van der Waals surface area contributed by atoms with Crippen LogP contribution in [0.3, 0.4) is 0 Å². The average molecular weight is 433 g/mol. The molecule has 1 aromatic heterocycles. The number of nitrogens with zero attached hydrogens (tertiary/aromatic N) is 2. The molecule has 0 aliphatic carbocycles. The van der Waals surface area contributed by atoms with E-state index in [1.54, 1.807) is 18.5 Å². The van der Waals surface area contributed by atoms with Crippen LogP contribution < -0.4 is 10.6 Å². The molecule has 2 saturated heterocycles. The lowest BCUT2D eigenvalue weighted by atomic mass is 9.96. The first-order chi connectivity index (χ1) is 15.1. The van der Waals surface area contributed by atoms with Crippen molar-refractivity contribution in [2.45, 2.75) is 69.6 Å². The highest BCUT2D eigenvalue weighted by molar-refractivity contribution is 5.78. The Morgan fingerprint density at radius 2 is 2.03 bits per heavy atom. The van der Waals surface area contributed by atoms with Crippen molar-refractivity contribution < 1.29 is 19.4 Å². The molecule has 0 unspecified atom stereocenters. The summed E-state index contributed by atoms with van der Waals surface area (Å²) in [5.74, 6) is -0.0138. The third kappa shape index (κ3) is 8.20. The number of piperidine rings is 1. The molecule has 0 saturated carbocycles. The standard InChI is InChI=1S/C23H36N4O4/c28-17-21-20(26-23(30)15-18-5-4-10-24-16-18)7-6-19(31-21)8-11-25-22(29)9-14-27-12-2-1-3-13-27/h4-5,10,16,19-21,28H,1-3,6-9,11-15,17H2,(H,25,29)(H,26,30)/t19-,20+,21+/m1/s1. The van der Waals surface area contributed by atoms with Gasteiger partial charge in [0.15, 0.2) is 0 Å². The van der Waals surface area contributed by atoms with Crippen molar-refractivity contribution >= 4 is 11.8 Å². The van der Waals surface area contributed by atoms with Gasteiger partial charge in [-0.25, -0.2) is 0 Å². The third-order valence-electron chi connectivity index (χ3n) is 6.12. The zero-order chi connectivity index (χ0) is 21.9. The van der Waals surface area contributed by atoms with E-state index in [1.165, 1.54) is 19.3 Å². The van der Waals surface area contributed by atoms with Gasteiger partial charge in [0.1, 0.15) is 6.10 Å². The number of hydrogen-bond donors (Lipinski definition) is 3. The topological polar surface area (TPSA) is 104 Å². The van der Waals surface area contributed by atoms with Crippen LogP contribution in [0.15, 0.2) is 24.5 Å². The molecule has 2 aliphatic rings. The summed E-state index contributed by atoms with van der Waals surface area (Å²) < 4.78 is 6.00. The van der Waals surface area contributed by atoms with Crippen molar-refractivity contribution in [1.82, 2.24) is 20.5 Å². The number of pyridine rings is 1. The molecule has 2 fully saturated rings. The van der Waals surface area contributed by atoms with E-state index in [4.69, 9.17) is 4.74 Å². The largest absolute Gasteiger partial charge is 0.394 e. The van der Waals surface area contributed by atoms with E-state index in [-0.39, 0.29) is 37.0 Å². The second-order valence-corrected chi connectivity index (χ2v) is 8.56. The number of likely N-dealkylation sites (tertiary alicyclic amines) is 1. The Kier molecular flexibility index (Phi) is 9.71. The molecule has 2 amide bonds. The first-order valence-electron chi connectivity index (χ1n) is 11.6. The summed E-state index contributed by atoms with van der Waals surface area (Å²) in [7, 11) is 0. The number of carbonyl (C=O) groups is 2. The second-order valence-electron chi connectivity index (χ2n) is 8.56. The fourth-order valence-corrected chi connectivity index (χ4v) is 4.36. The lowest BCUT2D eigenvalue weighted by Gasteiger charge is -2.36. The molecule has 3 heterocycles. The SMILES string of the molecule is O=C(CCN1CCCCC1)NCC[C@H]1CC[C@H](NC(=O)Cc2cccnc2)[C@H](CO)O1. The molecule has 3 atom stereocenters. The zero-order valence-electron chi connectivity index (χ0n) is 18.3. The highest BCUT2D eigenvalue weighted by Gasteiger charge is 2.31. The number of hydrogen-bond acceptors (Lipinski definition) is 6. The number of aromatic nitrogens is 1. The Morgan fingerprint density at radius 1 is 1.19 bits per heavy atom. The first kappa shape index (κ1) is 23.6. The van der Waals surface area contributed by atoms with E-state index in [1.807, 2.05) is 6.07 Å². The predicted octanol–water partition coefficient (Wildman–Crippen LogP) is 1.03. The van der Waals surface area contributed by atoms with Crippen molar-refractivity contribution in [3.05, 3.63) is 30.1 Å². The van der Waals surface area contributed by atoms with Crippen molar-refractivity contribution in [2.24, 2.45) is 0 Å². The van der Waals surface area contributed by atoms with Crippen molar-refractivity contribution in [3.8, 4) is 0 Å². The number of rotatable bonds is 10. The van der Waals surface area contributed by atoms with E-state index >= 15 is 0 Å². The van der Waals surface area contributed by atoms with E-state index in [2.05, 4.69) is 20.5 Å². The van der Waals surface area contributed by atoms with E-state index in [0.717, 1.165) is 38.0 Å². The fraction of sp³-hybridized carbons (Fsp3) is 0.696. The van der Waals surface area contributed by atoms with Gasteiger partial charge in [-0.1, -0.05) is 12.5 Å². The average Bonchev–Trinajstić information content (AvgIpc) is 2.80. The summed E-state index contributed by atoms with van der Waals surface area (Å²) in [6.45, 7) is 3.46. The van der Waals surface area contributed by atoms with E-state index < -0.39 is 6.10 Å². The molecule has 8 nitrogen and oxygen atoms in total. The van der Waals surface area contributed by atoms with Crippen LogP contribution in [0.5, 0.6) is 0 Å².